The molecule has 1 N–H and O–H groups in total. The molecule has 2 saturated heterocycles. The van der Waals surface area contributed by atoms with Crippen molar-refractivity contribution >= 4 is 63.7 Å². The van der Waals surface area contributed by atoms with Crippen molar-refractivity contribution in [2.45, 2.75) is 139 Å². The Labute approximate surface area is 421 Å². The maximum absolute atomic E-state index is 14.5. The second-order valence-corrected chi connectivity index (χ2v) is 21.0. The SMILES string of the molecule is C.C.FC1(F)CCC(Br)c2ccc(Br)cc21.FC1(F)CCC(N2CCCC[C@H]2c2cccnc2)c2ccc(Br)cc21.FC1(F)CCCc2ccc(Br)cc21.c1cncc([C@@H]2CCCCN2)c1. The van der Waals surface area contributed by atoms with Crippen LogP contribution in [0, 0.1) is 0 Å². The van der Waals surface area contributed by atoms with Gasteiger partial charge in [0.05, 0.1) is 0 Å². The number of alkyl halides is 7. The Kier molecular flexibility index (Phi) is 20.0. The Morgan fingerprint density at radius 1 is 0.561 bits per heavy atom. The molecule has 0 spiro atoms. The first-order valence-electron chi connectivity index (χ1n) is 22.1. The number of piperidine rings is 2. The summed E-state index contributed by atoms with van der Waals surface area (Å²) in [6, 6.07) is 24.7. The summed E-state index contributed by atoms with van der Waals surface area (Å²) in [5.74, 6) is -8.05. The number of hydrogen-bond acceptors (Lipinski definition) is 4. The van der Waals surface area contributed by atoms with Gasteiger partial charge >= 0.3 is 0 Å². The maximum Gasteiger partial charge on any atom is 0.273 e. The third-order valence-electron chi connectivity index (χ3n) is 12.8. The van der Waals surface area contributed by atoms with E-state index in [9.17, 15) is 26.3 Å². The fourth-order valence-electron chi connectivity index (χ4n) is 9.52. The molecule has 2 aliphatic heterocycles. The van der Waals surface area contributed by atoms with Crippen LogP contribution in [0.25, 0.3) is 0 Å². The summed E-state index contributed by atoms with van der Waals surface area (Å²) in [5, 5.41) is 3.50. The van der Waals surface area contributed by atoms with Gasteiger partial charge in [0.2, 0.25) is 0 Å². The summed E-state index contributed by atoms with van der Waals surface area (Å²) >= 11 is 13.2. The lowest BCUT2D eigenvalue weighted by molar-refractivity contribution is -0.0421. The first kappa shape index (κ1) is 54.3. The minimum atomic E-state index is -2.74. The van der Waals surface area contributed by atoms with Crippen molar-refractivity contribution in [1.29, 1.82) is 0 Å². The zero-order chi connectivity index (χ0) is 45.5. The number of pyridine rings is 2. The molecule has 5 aromatic rings. The number of likely N-dealkylation sites (tertiary alicyclic amines) is 1. The number of hydrogen-bond donors (Lipinski definition) is 1. The third kappa shape index (κ3) is 13.6. The zero-order valence-electron chi connectivity index (χ0n) is 35.4. The van der Waals surface area contributed by atoms with Crippen molar-refractivity contribution in [2.75, 3.05) is 13.1 Å². The van der Waals surface area contributed by atoms with Gasteiger partial charge in [0.15, 0.2) is 0 Å². The van der Waals surface area contributed by atoms with Gasteiger partial charge in [-0.25, -0.2) is 26.3 Å². The van der Waals surface area contributed by atoms with Crippen molar-refractivity contribution < 1.29 is 26.3 Å². The van der Waals surface area contributed by atoms with Crippen LogP contribution in [0.4, 0.5) is 26.3 Å². The summed E-state index contributed by atoms with van der Waals surface area (Å²) < 4.78 is 84.9. The molecular weight excluding hydrogens is 1110 g/mol. The van der Waals surface area contributed by atoms with Crippen LogP contribution in [0.5, 0.6) is 0 Å². The number of rotatable bonds is 3. The largest absolute Gasteiger partial charge is 0.310 e. The molecule has 358 valence electrons. The van der Waals surface area contributed by atoms with E-state index in [1.54, 1.807) is 30.5 Å². The van der Waals surface area contributed by atoms with Gasteiger partial charge < -0.3 is 5.32 Å². The van der Waals surface area contributed by atoms with Crippen LogP contribution >= 0.6 is 63.7 Å². The van der Waals surface area contributed by atoms with Gasteiger partial charge in [-0.15, -0.1) is 0 Å². The predicted octanol–water partition coefficient (Wildman–Crippen LogP) is 17.8. The van der Waals surface area contributed by atoms with Gasteiger partial charge in [-0.05, 0) is 141 Å². The van der Waals surface area contributed by atoms with Gasteiger partial charge in [0, 0.05) is 97.1 Å². The number of benzene rings is 3. The van der Waals surface area contributed by atoms with E-state index in [1.807, 2.05) is 48.9 Å². The van der Waals surface area contributed by atoms with Crippen LogP contribution < -0.4 is 5.32 Å². The smallest absolute Gasteiger partial charge is 0.273 e. The molecule has 5 aliphatic rings. The molecule has 3 aromatic carbocycles. The van der Waals surface area contributed by atoms with E-state index in [0.717, 1.165) is 48.0 Å². The topological polar surface area (TPSA) is 41.1 Å². The average molecular weight is 1170 g/mol. The fourth-order valence-corrected chi connectivity index (χ4v) is 11.2. The molecule has 2 fully saturated rings. The summed E-state index contributed by atoms with van der Waals surface area (Å²) in [7, 11) is 0. The lowest BCUT2D eigenvalue weighted by Gasteiger charge is -2.45. The van der Waals surface area contributed by atoms with Crippen molar-refractivity contribution in [3.63, 3.8) is 0 Å². The van der Waals surface area contributed by atoms with E-state index >= 15 is 0 Å². The molecule has 4 nitrogen and oxygen atoms in total. The number of aromatic nitrogens is 2. The molecular formula is C52H60Br4F6N4. The quantitative estimate of drug-likeness (QED) is 0.144. The van der Waals surface area contributed by atoms with Crippen LogP contribution in [0.3, 0.4) is 0 Å². The Morgan fingerprint density at radius 3 is 1.74 bits per heavy atom. The summed E-state index contributed by atoms with van der Waals surface area (Å²) in [6.07, 6.45) is 16.9. The molecule has 0 bridgehead atoms. The second kappa shape index (κ2) is 24.3. The average Bonchev–Trinajstić information content (AvgIpc) is 3.30. The second-order valence-electron chi connectivity index (χ2n) is 17.1. The first-order valence-corrected chi connectivity index (χ1v) is 25.4. The molecule has 0 saturated carbocycles. The first-order chi connectivity index (χ1) is 30.6. The normalized spacial score (nSPS) is 23.3. The number of fused-ring (bicyclic) bond motifs is 3. The van der Waals surface area contributed by atoms with E-state index in [1.165, 1.54) is 48.9 Å². The standard InChI is InChI=1S/C20H21BrF2N2.C10H8Br2F2.C10H9BrF2.C10H14N2.2CH4/c21-15-6-7-16-17(12-15)20(22,23)9-8-19(16)25-11-2-1-5-18(25)14-4-3-10-24-13-14;11-6-1-2-7-8(5-6)10(13,14)4-3-9(7)12;11-8-4-3-7-2-1-5-10(12,13)9(7)6-8;1-2-7-12-10(5-1)9-4-3-6-11-8-9;;/h3-4,6-7,10,12-13,18-19H,1-2,5,8-9,11H2;1-2,5,9H,3-4H2;3-4,6H,1-2,5H2;3-4,6,8,10,12H,1-2,5,7H2;2*1H4/t18-,19?;;;10-;;/m0..0../s1. The van der Waals surface area contributed by atoms with Gasteiger partial charge in [-0.2, -0.15) is 0 Å². The molecule has 4 atom stereocenters. The number of halogens is 10. The molecule has 4 heterocycles. The Hall–Kier alpha value is -2.62. The van der Waals surface area contributed by atoms with E-state index in [-0.39, 0.29) is 67.7 Å². The highest BCUT2D eigenvalue weighted by atomic mass is 79.9. The minimum absolute atomic E-state index is 0. The van der Waals surface area contributed by atoms with Crippen LogP contribution in [0.15, 0.2) is 117 Å². The lowest BCUT2D eigenvalue weighted by Crippen LogP contribution is -2.40. The Bertz CT molecular complexity index is 2300. The minimum Gasteiger partial charge on any atom is -0.310 e. The Morgan fingerprint density at radius 2 is 1.12 bits per heavy atom. The van der Waals surface area contributed by atoms with E-state index in [0.29, 0.717) is 39.8 Å². The van der Waals surface area contributed by atoms with Crippen molar-refractivity contribution in [1.82, 2.24) is 20.2 Å². The van der Waals surface area contributed by atoms with Crippen molar-refractivity contribution in [2.24, 2.45) is 0 Å². The molecule has 14 heteroatoms. The van der Waals surface area contributed by atoms with Crippen molar-refractivity contribution in [3.8, 4) is 0 Å². The molecule has 2 aromatic heterocycles. The number of nitrogens with one attached hydrogen (secondary N) is 1. The molecule has 0 amide bonds. The fraction of sp³-hybridized carbons (Fsp3) is 0.462. The lowest BCUT2D eigenvalue weighted by atomic mass is 9.82. The zero-order valence-corrected chi connectivity index (χ0v) is 41.7. The summed E-state index contributed by atoms with van der Waals surface area (Å²) in [5.41, 5.74) is 5.36. The highest BCUT2D eigenvalue weighted by molar-refractivity contribution is 9.11. The van der Waals surface area contributed by atoms with Gasteiger partial charge in [0.25, 0.3) is 17.8 Å². The third-order valence-corrected chi connectivity index (χ3v) is 15.2. The van der Waals surface area contributed by atoms with E-state index in [2.05, 4.69) is 96.0 Å². The highest BCUT2D eigenvalue weighted by Gasteiger charge is 2.44. The molecule has 0 radical (unpaired) electrons. The van der Waals surface area contributed by atoms with Gasteiger partial charge in [0.1, 0.15) is 0 Å². The monoisotopic (exact) mass is 1170 g/mol. The highest BCUT2D eigenvalue weighted by Crippen LogP contribution is 2.51. The Balaban J connectivity index is 0.000000172. The van der Waals surface area contributed by atoms with Gasteiger partial charge in [-0.1, -0.05) is 122 Å². The number of aryl methyl sites for hydroxylation is 1. The maximum atomic E-state index is 14.5. The van der Waals surface area contributed by atoms with Crippen LogP contribution in [0.1, 0.15) is 159 Å². The molecule has 66 heavy (non-hydrogen) atoms. The summed E-state index contributed by atoms with van der Waals surface area (Å²) in [4.78, 5) is 10.9. The van der Waals surface area contributed by atoms with Crippen LogP contribution in [0.2, 0.25) is 0 Å². The molecule has 3 aliphatic carbocycles. The molecule has 10 rings (SSSR count). The summed E-state index contributed by atoms with van der Waals surface area (Å²) in [6.45, 7) is 2.10. The van der Waals surface area contributed by atoms with Gasteiger partial charge in [-0.3, -0.25) is 14.9 Å². The predicted molar refractivity (Wildman–Crippen MR) is 270 cm³/mol. The van der Waals surface area contributed by atoms with E-state index < -0.39 is 17.8 Å². The van der Waals surface area contributed by atoms with Crippen LogP contribution in [-0.2, 0) is 24.2 Å². The van der Waals surface area contributed by atoms with Crippen LogP contribution in [-0.4, -0.2) is 28.0 Å². The molecule has 2 unspecified atom stereocenters. The van der Waals surface area contributed by atoms with E-state index in [4.69, 9.17) is 0 Å². The number of nitrogens with zero attached hydrogens (tertiary/aromatic N) is 3. The van der Waals surface area contributed by atoms with Crippen molar-refractivity contribution in [3.05, 3.63) is 162 Å².